The maximum Gasteiger partial charge on any atom is 0.231 e. The van der Waals surface area contributed by atoms with Crippen molar-refractivity contribution in [1.82, 2.24) is 14.4 Å². The molecule has 3 aliphatic heterocycles. The van der Waals surface area contributed by atoms with Gasteiger partial charge < -0.3 is 18.8 Å². The van der Waals surface area contributed by atoms with E-state index in [4.69, 9.17) is 14.2 Å². The summed E-state index contributed by atoms with van der Waals surface area (Å²) in [6, 6.07) is 13.9. The first-order chi connectivity index (χ1) is 18.2. The van der Waals surface area contributed by atoms with Gasteiger partial charge in [0.2, 0.25) is 5.78 Å². The Labute approximate surface area is 218 Å². The van der Waals surface area contributed by atoms with Gasteiger partial charge in [-0.05, 0) is 50.2 Å². The summed E-state index contributed by atoms with van der Waals surface area (Å²) in [4.78, 5) is 18.0. The van der Waals surface area contributed by atoms with Crippen molar-refractivity contribution >= 4 is 22.8 Å². The minimum atomic E-state index is -0.0833. The average molecular weight is 502 g/mol. The fraction of sp³-hybridized carbons (Fsp3) is 0.433. The Bertz CT molecular complexity index is 1290. The second-order valence-electron chi connectivity index (χ2n) is 10.1. The van der Waals surface area contributed by atoms with Gasteiger partial charge in [0, 0.05) is 61.5 Å². The summed E-state index contributed by atoms with van der Waals surface area (Å²) < 4.78 is 19.8. The molecule has 37 heavy (non-hydrogen) atoms. The molecular formula is C30H35N3O4. The van der Waals surface area contributed by atoms with E-state index in [9.17, 15) is 4.79 Å². The van der Waals surface area contributed by atoms with Gasteiger partial charge in [-0.1, -0.05) is 24.6 Å². The summed E-state index contributed by atoms with van der Waals surface area (Å²) in [5.41, 5.74) is 2.74. The first kappa shape index (κ1) is 24.2. The lowest BCUT2D eigenvalue weighted by Gasteiger charge is -2.26. The molecule has 4 heterocycles. The lowest BCUT2D eigenvalue weighted by Crippen LogP contribution is -2.38. The van der Waals surface area contributed by atoms with Crippen LogP contribution in [0.5, 0.6) is 11.5 Å². The van der Waals surface area contributed by atoms with Crippen LogP contribution in [0.2, 0.25) is 0 Å². The number of carbonyl (C=O) groups excluding carboxylic acids is 1. The van der Waals surface area contributed by atoms with Gasteiger partial charge in [0.25, 0.3) is 0 Å². The smallest absolute Gasteiger partial charge is 0.231 e. The highest BCUT2D eigenvalue weighted by molar-refractivity contribution is 6.15. The number of allylic oxidation sites excluding steroid dienone is 1. The number of rotatable bonds is 8. The largest absolute Gasteiger partial charge is 0.492 e. The Hall–Kier alpha value is -3.13. The first-order valence-electron chi connectivity index (χ1n) is 13.6. The summed E-state index contributed by atoms with van der Waals surface area (Å²) in [7, 11) is 0. The van der Waals surface area contributed by atoms with Crippen molar-refractivity contribution in [2.75, 3.05) is 59.1 Å². The second kappa shape index (κ2) is 11.1. The van der Waals surface area contributed by atoms with E-state index in [0.717, 1.165) is 81.2 Å². The number of hydrogen-bond donors (Lipinski definition) is 0. The Kier molecular flexibility index (Phi) is 7.26. The van der Waals surface area contributed by atoms with E-state index >= 15 is 0 Å². The van der Waals surface area contributed by atoms with Crippen LogP contribution in [-0.4, -0.2) is 79.2 Å². The van der Waals surface area contributed by atoms with E-state index in [2.05, 4.69) is 38.8 Å². The molecule has 0 spiro atoms. The van der Waals surface area contributed by atoms with E-state index < -0.39 is 0 Å². The van der Waals surface area contributed by atoms with Crippen LogP contribution >= 0.6 is 0 Å². The molecule has 3 aromatic rings. The number of benzene rings is 2. The molecule has 194 valence electrons. The van der Waals surface area contributed by atoms with Crippen LogP contribution in [0, 0.1) is 0 Å². The average Bonchev–Trinajstić information content (AvgIpc) is 3.45. The number of Topliss-reactive ketones (excluding diaryl/α,β-unsaturated/α-hetero) is 1. The number of ketones is 1. The third kappa shape index (κ3) is 5.44. The van der Waals surface area contributed by atoms with Crippen LogP contribution in [0.25, 0.3) is 17.0 Å². The van der Waals surface area contributed by atoms with Crippen molar-refractivity contribution in [2.45, 2.75) is 25.8 Å². The highest BCUT2D eigenvalue weighted by Crippen LogP contribution is 2.36. The van der Waals surface area contributed by atoms with Crippen LogP contribution in [0.4, 0.5) is 0 Å². The zero-order chi connectivity index (χ0) is 25.0. The topological polar surface area (TPSA) is 56.2 Å². The van der Waals surface area contributed by atoms with Crippen LogP contribution in [0.15, 0.2) is 54.4 Å². The standard InChI is InChI=1S/C30H35N3O4/c34-30-26-9-8-24(36-19-16-31-10-4-1-5-11-31)21-28(26)37-29(30)20-23-22-33(27-7-3-2-6-25(23)27)13-12-32-14-17-35-18-15-32/h2-3,6-9,20-22H,1,4-5,10-19H2/b29-20-. The van der Waals surface area contributed by atoms with Gasteiger partial charge in [-0.15, -0.1) is 0 Å². The molecule has 3 aliphatic rings. The van der Waals surface area contributed by atoms with E-state index in [-0.39, 0.29) is 5.78 Å². The molecule has 2 fully saturated rings. The molecule has 0 amide bonds. The van der Waals surface area contributed by atoms with Crippen LogP contribution in [0.3, 0.4) is 0 Å². The molecule has 7 heteroatoms. The zero-order valence-electron chi connectivity index (χ0n) is 21.4. The number of fused-ring (bicyclic) bond motifs is 2. The summed E-state index contributed by atoms with van der Waals surface area (Å²) in [5, 5.41) is 1.12. The number of aromatic nitrogens is 1. The molecule has 7 nitrogen and oxygen atoms in total. The summed E-state index contributed by atoms with van der Waals surface area (Å²) in [6.07, 6.45) is 7.89. The minimum Gasteiger partial charge on any atom is -0.492 e. The summed E-state index contributed by atoms with van der Waals surface area (Å²) >= 11 is 0. The van der Waals surface area contributed by atoms with Gasteiger partial charge in [-0.3, -0.25) is 14.6 Å². The molecule has 6 rings (SSSR count). The van der Waals surface area contributed by atoms with Gasteiger partial charge in [0.1, 0.15) is 18.1 Å². The normalized spacial score (nSPS) is 19.9. The first-order valence-corrected chi connectivity index (χ1v) is 13.6. The zero-order valence-corrected chi connectivity index (χ0v) is 21.4. The fourth-order valence-corrected chi connectivity index (χ4v) is 5.52. The number of hydrogen-bond acceptors (Lipinski definition) is 6. The van der Waals surface area contributed by atoms with Gasteiger partial charge >= 0.3 is 0 Å². The van der Waals surface area contributed by atoms with Crippen molar-refractivity contribution in [3.05, 3.63) is 65.5 Å². The van der Waals surface area contributed by atoms with Crippen molar-refractivity contribution in [3.63, 3.8) is 0 Å². The van der Waals surface area contributed by atoms with Gasteiger partial charge in [0.05, 0.1) is 18.8 Å². The number of carbonyl (C=O) groups is 1. The fourth-order valence-electron chi connectivity index (χ4n) is 5.52. The molecule has 1 aromatic heterocycles. The molecule has 0 bridgehead atoms. The van der Waals surface area contributed by atoms with E-state index in [0.29, 0.717) is 23.7 Å². The quantitative estimate of drug-likeness (QED) is 0.425. The highest BCUT2D eigenvalue weighted by atomic mass is 16.5. The highest BCUT2D eigenvalue weighted by Gasteiger charge is 2.28. The Morgan fingerprint density at radius 3 is 2.57 bits per heavy atom. The third-order valence-electron chi connectivity index (χ3n) is 7.63. The monoisotopic (exact) mass is 501 g/mol. The number of nitrogens with zero attached hydrogens (tertiary/aromatic N) is 3. The van der Waals surface area contributed by atoms with Crippen molar-refractivity contribution < 1.29 is 19.0 Å². The number of ether oxygens (including phenoxy) is 3. The SMILES string of the molecule is O=C1/C(=C/c2cn(CCN3CCOCC3)c3ccccc23)Oc2cc(OCCN3CCCCC3)ccc21. The predicted octanol–water partition coefficient (Wildman–Crippen LogP) is 4.45. The Balaban J connectivity index is 1.15. The molecule has 0 radical (unpaired) electrons. The Morgan fingerprint density at radius 2 is 1.70 bits per heavy atom. The number of morpholine rings is 1. The molecule has 0 N–H and O–H groups in total. The van der Waals surface area contributed by atoms with Gasteiger partial charge in [-0.25, -0.2) is 0 Å². The molecule has 2 saturated heterocycles. The van der Waals surface area contributed by atoms with Crippen LogP contribution in [0.1, 0.15) is 35.2 Å². The summed E-state index contributed by atoms with van der Waals surface area (Å²) in [6.45, 7) is 9.28. The molecule has 0 unspecified atom stereocenters. The molecular weight excluding hydrogens is 466 g/mol. The molecule has 0 atom stereocenters. The van der Waals surface area contributed by atoms with Crippen molar-refractivity contribution in [2.24, 2.45) is 0 Å². The van der Waals surface area contributed by atoms with Crippen LogP contribution < -0.4 is 9.47 Å². The maximum atomic E-state index is 13.1. The predicted molar refractivity (Wildman–Crippen MR) is 144 cm³/mol. The second-order valence-corrected chi connectivity index (χ2v) is 10.1. The maximum absolute atomic E-state index is 13.1. The minimum absolute atomic E-state index is 0.0833. The third-order valence-corrected chi connectivity index (χ3v) is 7.63. The van der Waals surface area contributed by atoms with Crippen molar-refractivity contribution in [3.8, 4) is 11.5 Å². The van der Waals surface area contributed by atoms with Crippen LogP contribution in [-0.2, 0) is 11.3 Å². The van der Waals surface area contributed by atoms with E-state index in [1.165, 1.54) is 19.3 Å². The number of piperidine rings is 1. The summed E-state index contributed by atoms with van der Waals surface area (Å²) in [5.74, 6) is 1.59. The van der Waals surface area contributed by atoms with Gasteiger partial charge in [0.15, 0.2) is 5.76 Å². The Morgan fingerprint density at radius 1 is 0.892 bits per heavy atom. The van der Waals surface area contributed by atoms with E-state index in [1.54, 1.807) is 0 Å². The molecule has 0 aliphatic carbocycles. The van der Waals surface area contributed by atoms with Crippen molar-refractivity contribution in [1.29, 1.82) is 0 Å². The lowest BCUT2D eigenvalue weighted by molar-refractivity contribution is 0.0365. The molecule has 2 aromatic carbocycles. The number of likely N-dealkylation sites (tertiary alicyclic amines) is 1. The number of para-hydroxylation sites is 1. The molecule has 0 saturated carbocycles. The van der Waals surface area contributed by atoms with Gasteiger partial charge in [-0.2, -0.15) is 0 Å². The lowest BCUT2D eigenvalue weighted by atomic mass is 10.1. The van der Waals surface area contributed by atoms with E-state index in [1.807, 2.05) is 30.3 Å².